The van der Waals surface area contributed by atoms with Gasteiger partial charge in [0.05, 0.1) is 13.2 Å². The number of benzene rings is 1. The first kappa shape index (κ1) is 24.3. The van der Waals surface area contributed by atoms with Gasteiger partial charge >= 0.3 is 11.5 Å². The van der Waals surface area contributed by atoms with Gasteiger partial charge in [0.2, 0.25) is 5.58 Å². The number of rotatable bonds is 8. The van der Waals surface area contributed by atoms with Gasteiger partial charge in [-0.25, -0.2) is 4.57 Å². The second-order valence-electron chi connectivity index (χ2n) is 11.7. The van der Waals surface area contributed by atoms with E-state index in [9.17, 15) is 0 Å². The Morgan fingerprint density at radius 1 is 0.971 bits per heavy atom. The minimum Gasteiger partial charge on any atom is -0.411 e. The van der Waals surface area contributed by atoms with E-state index in [1.807, 2.05) is 36.0 Å². The van der Waals surface area contributed by atoms with Gasteiger partial charge in [0, 0.05) is 35.1 Å². The van der Waals surface area contributed by atoms with Crippen molar-refractivity contribution in [3.8, 4) is 0 Å². The van der Waals surface area contributed by atoms with Crippen LogP contribution >= 0.6 is 0 Å². The lowest BCUT2D eigenvalue weighted by Gasteiger charge is -2.30. The van der Waals surface area contributed by atoms with Crippen LogP contribution in [0.15, 0.2) is 59.3 Å². The molecule has 2 aromatic heterocycles. The van der Waals surface area contributed by atoms with Crippen LogP contribution in [0, 0.1) is 10.8 Å². The summed E-state index contributed by atoms with van der Waals surface area (Å²) >= 11 is 0. The van der Waals surface area contributed by atoms with Crippen molar-refractivity contribution < 1.29 is 8.98 Å². The second kappa shape index (κ2) is 9.77. The first-order chi connectivity index (χ1) is 16.1. The van der Waals surface area contributed by atoms with Crippen LogP contribution in [0.1, 0.15) is 78.2 Å². The van der Waals surface area contributed by atoms with E-state index < -0.39 is 0 Å². The maximum atomic E-state index is 5.99. The van der Waals surface area contributed by atoms with Crippen LogP contribution in [0.2, 0.25) is 0 Å². The number of anilines is 1. The van der Waals surface area contributed by atoms with Gasteiger partial charge in [-0.05, 0) is 66.4 Å². The molecule has 0 unspecified atom stereocenters. The highest BCUT2D eigenvalue weighted by Crippen LogP contribution is 2.36. The average Bonchev–Trinajstić information content (AvgIpc) is 3.18. The third-order valence-corrected chi connectivity index (χ3v) is 6.81. The monoisotopic (exact) mass is 458 g/mol. The molecule has 4 nitrogen and oxygen atoms in total. The van der Waals surface area contributed by atoms with Crippen LogP contribution in [-0.4, -0.2) is 11.5 Å². The highest BCUT2D eigenvalue weighted by molar-refractivity contribution is 5.94. The highest BCUT2D eigenvalue weighted by Gasteiger charge is 2.22. The molecular formula is C30H40N3O+. The molecule has 180 valence electrons. The van der Waals surface area contributed by atoms with E-state index in [2.05, 4.69) is 81.0 Å². The molecule has 0 atom stereocenters. The van der Waals surface area contributed by atoms with E-state index >= 15 is 0 Å². The highest BCUT2D eigenvalue weighted by atomic mass is 16.3. The lowest BCUT2D eigenvalue weighted by molar-refractivity contribution is -0.646. The molecule has 0 radical (unpaired) electrons. The number of hydrogen-bond donors (Lipinski definition) is 0. The van der Waals surface area contributed by atoms with Gasteiger partial charge in [-0.3, -0.25) is 0 Å². The first-order valence-electron chi connectivity index (χ1n) is 12.6. The van der Waals surface area contributed by atoms with E-state index in [1.165, 1.54) is 43.4 Å². The number of allylic oxidation sites excluding steroid dienone is 2. The molecule has 34 heavy (non-hydrogen) atoms. The van der Waals surface area contributed by atoms with E-state index in [1.54, 1.807) is 0 Å². The number of oxazole rings is 1. The Hall–Kier alpha value is -2.88. The standard InChI is InChI=1S/C30H40N3O/c1-29(2,3)16-10-17-30(4,5)18-11-20-33-21-15-23(24-12-7-8-13-25(24)33)22-27-31-28-26(34-27)14-9-19-32(28)6/h7-9,12-15,19,21-22H,10-11,16-18,20H2,1-6H3/q+1. The van der Waals surface area contributed by atoms with Gasteiger partial charge in [0.15, 0.2) is 0 Å². The fraction of sp³-hybridized carbons (Fsp3) is 0.467. The molecule has 0 saturated heterocycles. The molecule has 0 amide bonds. The molecule has 3 aromatic rings. The Balaban J connectivity index is 1.44. The molecule has 0 fully saturated rings. The summed E-state index contributed by atoms with van der Waals surface area (Å²) < 4.78 is 7.98. The topological polar surface area (TPSA) is 33.1 Å². The summed E-state index contributed by atoms with van der Waals surface area (Å²) in [5.41, 5.74) is 6.08. The maximum absolute atomic E-state index is 5.99. The van der Waals surface area contributed by atoms with Crippen molar-refractivity contribution in [3.05, 3.63) is 66.3 Å². The van der Waals surface area contributed by atoms with Crippen LogP contribution in [0.4, 0.5) is 5.69 Å². The number of aryl methyl sites for hydroxylation is 1. The van der Waals surface area contributed by atoms with Crippen LogP contribution in [0.3, 0.4) is 0 Å². The third kappa shape index (κ3) is 5.97. The largest absolute Gasteiger partial charge is 0.411 e. The van der Waals surface area contributed by atoms with E-state index in [-0.39, 0.29) is 0 Å². The number of fused-ring (bicyclic) bond motifs is 2. The van der Waals surface area contributed by atoms with Crippen LogP contribution in [0.25, 0.3) is 22.9 Å². The van der Waals surface area contributed by atoms with Crippen molar-refractivity contribution in [2.75, 3.05) is 11.4 Å². The molecule has 0 spiro atoms. The molecule has 4 heteroatoms. The number of aromatic nitrogens is 2. The fourth-order valence-electron chi connectivity index (χ4n) is 4.81. The predicted molar refractivity (Wildman–Crippen MR) is 142 cm³/mol. The maximum Gasteiger partial charge on any atom is 0.370 e. The number of nitrogens with zero attached hydrogens (tertiary/aromatic N) is 3. The van der Waals surface area contributed by atoms with Gasteiger partial charge in [-0.2, -0.15) is 0 Å². The summed E-state index contributed by atoms with van der Waals surface area (Å²) in [5, 5.41) is 0. The Bertz CT molecular complexity index is 1190. The summed E-state index contributed by atoms with van der Waals surface area (Å²) in [5.74, 6) is 0.636. The minimum atomic E-state index is 0.387. The number of hydrogen-bond acceptors (Lipinski definition) is 3. The van der Waals surface area contributed by atoms with E-state index in [0.29, 0.717) is 16.7 Å². The first-order valence-corrected chi connectivity index (χ1v) is 12.6. The Kier molecular flexibility index (Phi) is 6.97. The molecule has 0 saturated carbocycles. The molecule has 0 aliphatic carbocycles. The van der Waals surface area contributed by atoms with E-state index in [4.69, 9.17) is 4.42 Å². The molecule has 0 bridgehead atoms. The van der Waals surface area contributed by atoms with Crippen LogP contribution in [-0.2, 0) is 7.05 Å². The van der Waals surface area contributed by atoms with Gasteiger partial charge in [0.25, 0.3) is 0 Å². The zero-order chi connectivity index (χ0) is 24.3. The lowest BCUT2D eigenvalue weighted by atomic mass is 9.80. The number of para-hydroxylation sites is 1. The molecule has 1 aromatic carbocycles. The smallest absolute Gasteiger partial charge is 0.370 e. The molecule has 1 aliphatic rings. The molecule has 1 aliphatic heterocycles. The Morgan fingerprint density at radius 3 is 2.50 bits per heavy atom. The van der Waals surface area contributed by atoms with Crippen molar-refractivity contribution in [2.24, 2.45) is 17.9 Å². The minimum absolute atomic E-state index is 0.387. The number of pyridine rings is 1. The SMILES string of the molecule is C[n+]1cccc2oc(/C=C3\C=CN(CCCC(C)(C)CCCC(C)(C)C)c4ccccc43)nc21. The van der Waals surface area contributed by atoms with Gasteiger partial charge in [-0.15, -0.1) is 0 Å². The van der Waals surface area contributed by atoms with Crippen molar-refractivity contribution in [2.45, 2.75) is 66.7 Å². The molecular weight excluding hydrogens is 418 g/mol. The summed E-state index contributed by atoms with van der Waals surface area (Å²) in [7, 11) is 1.99. The normalized spacial score (nSPS) is 15.4. The van der Waals surface area contributed by atoms with Crippen molar-refractivity contribution >= 4 is 28.6 Å². The van der Waals surface area contributed by atoms with Gasteiger partial charge in [0.1, 0.15) is 0 Å². The molecule has 4 rings (SSSR count). The third-order valence-electron chi connectivity index (χ3n) is 6.81. The summed E-state index contributed by atoms with van der Waals surface area (Å²) in [6.07, 6.45) is 14.8. The van der Waals surface area contributed by atoms with Crippen molar-refractivity contribution in [1.29, 1.82) is 0 Å². The predicted octanol–water partition coefficient (Wildman–Crippen LogP) is 7.55. The molecule has 3 heterocycles. The van der Waals surface area contributed by atoms with Gasteiger partial charge in [-0.1, -0.05) is 59.2 Å². The van der Waals surface area contributed by atoms with E-state index in [0.717, 1.165) is 23.3 Å². The Labute approximate surface area is 205 Å². The van der Waals surface area contributed by atoms with Crippen LogP contribution < -0.4 is 9.47 Å². The summed E-state index contributed by atoms with van der Waals surface area (Å²) in [4.78, 5) is 7.08. The Morgan fingerprint density at radius 2 is 1.74 bits per heavy atom. The molecule has 0 N–H and O–H groups in total. The summed E-state index contributed by atoms with van der Waals surface area (Å²) in [6, 6.07) is 12.6. The average molecular weight is 459 g/mol. The van der Waals surface area contributed by atoms with Gasteiger partial charge < -0.3 is 9.32 Å². The fourth-order valence-corrected chi connectivity index (χ4v) is 4.81. The quantitative estimate of drug-likeness (QED) is 0.327. The zero-order valence-corrected chi connectivity index (χ0v) is 21.8. The van der Waals surface area contributed by atoms with Crippen molar-refractivity contribution in [3.63, 3.8) is 0 Å². The van der Waals surface area contributed by atoms with Crippen LogP contribution in [0.5, 0.6) is 0 Å². The second-order valence-corrected chi connectivity index (χ2v) is 11.7. The zero-order valence-electron chi connectivity index (χ0n) is 21.8. The van der Waals surface area contributed by atoms with Crippen molar-refractivity contribution in [1.82, 2.24) is 4.98 Å². The lowest BCUT2D eigenvalue weighted by Crippen LogP contribution is -2.28. The summed E-state index contributed by atoms with van der Waals surface area (Å²) in [6.45, 7) is 12.9.